The molecule has 1 fully saturated rings. The number of halogens is 3. The average Bonchev–Trinajstić information content (AvgIpc) is 3.08. The molecule has 1 aliphatic carbocycles. The van der Waals surface area contributed by atoms with Crippen molar-refractivity contribution in [2.45, 2.75) is 38.0 Å². The van der Waals surface area contributed by atoms with Gasteiger partial charge in [-0.05, 0) is 30.5 Å². The summed E-state index contributed by atoms with van der Waals surface area (Å²) in [6.45, 7) is 1.56. The van der Waals surface area contributed by atoms with Gasteiger partial charge in [-0.3, -0.25) is 10.1 Å². The second-order valence-electron chi connectivity index (χ2n) is 4.81. The normalized spacial score (nSPS) is 17.1. The lowest BCUT2D eigenvalue weighted by Crippen LogP contribution is -2.44. The van der Waals surface area contributed by atoms with Crippen LogP contribution in [-0.2, 0) is 11.3 Å². The Morgan fingerprint density at radius 2 is 1.84 bits per heavy atom. The van der Waals surface area contributed by atoms with Crippen molar-refractivity contribution in [2.24, 2.45) is 0 Å². The first-order valence-corrected chi connectivity index (χ1v) is 6.01. The number of anilines is 1. The van der Waals surface area contributed by atoms with Crippen LogP contribution < -0.4 is 10.6 Å². The van der Waals surface area contributed by atoms with Crippen molar-refractivity contribution in [1.82, 2.24) is 5.32 Å². The van der Waals surface area contributed by atoms with Gasteiger partial charge < -0.3 is 5.32 Å². The number of hydrogen-bond acceptors (Lipinski definition) is 2. The molecule has 0 aromatic heterocycles. The van der Waals surface area contributed by atoms with Crippen molar-refractivity contribution >= 4 is 11.6 Å². The lowest BCUT2D eigenvalue weighted by molar-refractivity contribution is -0.166. The van der Waals surface area contributed by atoms with Gasteiger partial charge in [0.05, 0.1) is 0 Å². The zero-order valence-corrected chi connectivity index (χ0v) is 10.5. The summed E-state index contributed by atoms with van der Waals surface area (Å²) in [6, 6.07) is 6.74. The maximum atomic E-state index is 12.7. The highest BCUT2D eigenvalue weighted by Crippen LogP contribution is 2.49. The van der Waals surface area contributed by atoms with Gasteiger partial charge in [0.15, 0.2) is 0 Å². The molecule has 19 heavy (non-hydrogen) atoms. The van der Waals surface area contributed by atoms with Crippen molar-refractivity contribution in [1.29, 1.82) is 0 Å². The predicted molar refractivity (Wildman–Crippen MR) is 65.6 cm³/mol. The molecule has 0 atom stereocenters. The number of nitrogens with one attached hydrogen (secondary N) is 2. The summed E-state index contributed by atoms with van der Waals surface area (Å²) >= 11 is 0. The van der Waals surface area contributed by atoms with Gasteiger partial charge >= 0.3 is 6.18 Å². The quantitative estimate of drug-likeness (QED) is 0.885. The van der Waals surface area contributed by atoms with Gasteiger partial charge in [0.2, 0.25) is 5.91 Å². The molecule has 2 N–H and O–H groups in total. The van der Waals surface area contributed by atoms with Crippen LogP contribution in [0.1, 0.15) is 25.3 Å². The Bertz CT molecular complexity index is 464. The summed E-state index contributed by atoms with van der Waals surface area (Å²) in [5.41, 5.74) is -0.304. The summed E-state index contributed by atoms with van der Waals surface area (Å²) in [4.78, 5) is 10.8. The monoisotopic (exact) mass is 272 g/mol. The minimum Gasteiger partial charge on any atom is -0.326 e. The molecular formula is C13H15F3N2O. The molecule has 0 radical (unpaired) electrons. The lowest BCUT2D eigenvalue weighted by Gasteiger charge is -2.20. The molecular weight excluding hydrogens is 257 g/mol. The highest BCUT2D eigenvalue weighted by molar-refractivity contribution is 5.88. The van der Waals surface area contributed by atoms with Gasteiger partial charge in [0.25, 0.3) is 0 Å². The third-order valence-electron chi connectivity index (χ3n) is 3.20. The Kier molecular flexibility index (Phi) is 3.54. The number of alkyl halides is 3. The highest BCUT2D eigenvalue weighted by Gasteiger charge is 2.62. The van der Waals surface area contributed by atoms with E-state index in [2.05, 4.69) is 10.6 Å². The fraction of sp³-hybridized carbons (Fsp3) is 0.462. The standard InChI is InChI=1S/C13H15F3N2O/c1-9(19)18-11-4-2-10(3-5-11)8-17-12(6-7-12)13(14,15)16/h2-5,17H,6-8H2,1H3,(H,18,19). The molecule has 0 unspecified atom stereocenters. The van der Waals surface area contributed by atoms with Crippen molar-refractivity contribution in [3.63, 3.8) is 0 Å². The van der Waals surface area contributed by atoms with Gasteiger partial charge in [-0.2, -0.15) is 13.2 Å². The van der Waals surface area contributed by atoms with Crippen molar-refractivity contribution in [2.75, 3.05) is 5.32 Å². The molecule has 0 spiro atoms. The Hall–Kier alpha value is -1.56. The fourth-order valence-corrected chi connectivity index (χ4v) is 1.87. The third-order valence-corrected chi connectivity index (χ3v) is 3.20. The van der Waals surface area contributed by atoms with E-state index >= 15 is 0 Å². The van der Waals surface area contributed by atoms with Gasteiger partial charge in [0.1, 0.15) is 5.54 Å². The molecule has 6 heteroatoms. The molecule has 0 aliphatic heterocycles. The van der Waals surface area contributed by atoms with Crippen LogP contribution in [0.25, 0.3) is 0 Å². The molecule has 1 aromatic rings. The van der Waals surface area contributed by atoms with Crippen LogP contribution in [0.5, 0.6) is 0 Å². The molecule has 104 valence electrons. The maximum Gasteiger partial charge on any atom is 0.406 e. The van der Waals surface area contributed by atoms with E-state index in [1.165, 1.54) is 6.92 Å². The average molecular weight is 272 g/mol. The largest absolute Gasteiger partial charge is 0.406 e. The number of carbonyl (C=O) groups is 1. The van der Waals surface area contributed by atoms with E-state index in [4.69, 9.17) is 0 Å². The number of amides is 1. The van der Waals surface area contributed by atoms with Gasteiger partial charge in [-0.15, -0.1) is 0 Å². The van der Waals surface area contributed by atoms with Crippen LogP contribution in [0.15, 0.2) is 24.3 Å². The molecule has 0 saturated heterocycles. The zero-order valence-electron chi connectivity index (χ0n) is 10.5. The lowest BCUT2D eigenvalue weighted by atomic mass is 10.1. The van der Waals surface area contributed by atoms with E-state index < -0.39 is 11.7 Å². The van der Waals surface area contributed by atoms with Crippen LogP contribution in [0.3, 0.4) is 0 Å². The molecule has 1 aromatic carbocycles. The van der Waals surface area contributed by atoms with Crippen LogP contribution in [0, 0.1) is 0 Å². The van der Waals surface area contributed by atoms with E-state index in [0.29, 0.717) is 5.69 Å². The summed E-state index contributed by atoms with van der Waals surface area (Å²) in [7, 11) is 0. The van der Waals surface area contributed by atoms with Crippen LogP contribution in [0.2, 0.25) is 0 Å². The Morgan fingerprint density at radius 1 is 1.26 bits per heavy atom. The van der Waals surface area contributed by atoms with E-state index in [9.17, 15) is 18.0 Å². The van der Waals surface area contributed by atoms with Crippen LogP contribution in [-0.4, -0.2) is 17.6 Å². The number of benzene rings is 1. The van der Waals surface area contributed by atoms with E-state index in [-0.39, 0.29) is 25.3 Å². The second-order valence-corrected chi connectivity index (χ2v) is 4.81. The summed E-state index contributed by atoms with van der Waals surface area (Å²) in [6.07, 6.45) is -3.91. The van der Waals surface area contributed by atoms with Gasteiger partial charge in [-0.1, -0.05) is 12.1 Å². The number of rotatable bonds is 4. The zero-order chi connectivity index (χ0) is 14.1. The van der Waals surface area contributed by atoms with Crippen molar-refractivity contribution in [3.05, 3.63) is 29.8 Å². The molecule has 1 saturated carbocycles. The molecule has 0 heterocycles. The minimum absolute atomic E-state index is 0.139. The Morgan fingerprint density at radius 3 is 2.26 bits per heavy atom. The van der Waals surface area contributed by atoms with E-state index in [0.717, 1.165) is 5.56 Å². The summed E-state index contributed by atoms with van der Waals surface area (Å²) in [5, 5.41) is 5.18. The Labute approximate surface area is 109 Å². The van der Waals surface area contributed by atoms with E-state index in [1.807, 2.05) is 0 Å². The van der Waals surface area contributed by atoms with Crippen LogP contribution >= 0.6 is 0 Å². The molecule has 1 aliphatic rings. The molecule has 0 bridgehead atoms. The fourth-order valence-electron chi connectivity index (χ4n) is 1.87. The third kappa shape index (κ3) is 3.26. The van der Waals surface area contributed by atoms with Gasteiger partial charge in [0, 0.05) is 19.2 Å². The molecule has 1 amide bonds. The highest BCUT2D eigenvalue weighted by atomic mass is 19.4. The first-order valence-electron chi connectivity index (χ1n) is 6.01. The van der Waals surface area contributed by atoms with Crippen molar-refractivity contribution < 1.29 is 18.0 Å². The Balaban J connectivity index is 1.92. The molecule has 3 nitrogen and oxygen atoms in total. The number of carbonyl (C=O) groups excluding carboxylic acids is 1. The first kappa shape index (κ1) is 13.9. The van der Waals surface area contributed by atoms with Crippen LogP contribution in [0.4, 0.5) is 18.9 Å². The van der Waals surface area contributed by atoms with E-state index in [1.54, 1.807) is 24.3 Å². The smallest absolute Gasteiger partial charge is 0.326 e. The minimum atomic E-state index is -4.19. The summed E-state index contributed by atoms with van der Waals surface area (Å²) in [5.74, 6) is -0.181. The SMILES string of the molecule is CC(=O)Nc1ccc(CNC2(C(F)(F)F)CC2)cc1. The van der Waals surface area contributed by atoms with Crippen molar-refractivity contribution in [3.8, 4) is 0 Å². The second kappa shape index (κ2) is 4.85. The number of hydrogen-bond donors (Lipinski definition) is 2. The topological polar surface area (TPSA) is 41.1 Å². The molecule has 2 rings (SSSR count). The maximum absolute atomic E-state index is 12.7. The predicted octanol–water partition coefficient (Wildman–Crippen LogP) is 2.83. The summed E-state index contributed by atoms with van der Waals surface area (Å²) < 4.78 is 38.1. The van der Waals surface area contributed by atoms with Gasteiger partial charge in [-0.25, -0.2) is 0 Å². The first-order chi connectivity index (χ1) is 8.82.